The topological polar surface area (TPSA) is 44.9 Å². The van der Waals surface area contributed by atoms with Crippen LogP contribution in [0, 0.1) is 0 Å². The van der Waals surface area contributed by atoms with Gasteiger partial charge in [-0.1, -0.05) is 42.5 Å². The maximum absolute atomic E-state index is 9.74. The third-order valence-corrected chi connectivity index (χ3v) is 4.16. The zero-order chi connectivity index (χ0) is 14.4. The second-order valence-electron chi connectivity index (χ2n) is 5.23. The van der Waals surface area contributed by atoms with Gasteiger partial charge in [0.25, 0.3) is 0 Å². The van der Waals surface area contributed by atoms with Crippen molar-refractivity contribution in [2.75, 3.05) is 0 Å². The number of pyridine rings is 1. The predicted octanol–water partition coefficient (Wildman–Crippen LogP) is 3.23. The van der Waals surface area contributed by atoms with Gasteiger partial charge in [-0.25, -0.2) is 0 Å². The second kappa shape index (κ2) is 4.58. The van der Waals surface area contributed by atoms with Crippen LogP contribution < -0.4 is 0 Å². The summed E-state index contributed by atoms with van der Waals surface area (Å²) >= 11 is 0. The second-order valence-corrected chi connectivity index (χ2v) is 5.23. The van der Waals surface area contributed by atoms with E-state index in [1.54, 1.807) is 0 Å². The van der Waals surface area contributed by atoms with E-state index in [9.17, 15) is 10.2 Å². The lowest BCUT2D eigenvalue weighted by Crippen LogP contribution is -1.92. The number of para-hydroxylation sites is 1. The van der Waals surface area contributed by atoms with Crippen molar-refractivity contribution in [1.29, 1.82) is 0 Å². The van der Waals surface area contributed by atoms with E-state index in [0.29, 0.717) is 0 Å². The molecule has 104 valence electrons. The van der Waals surface area contributed by atoms with Gasteiger partial charge in [-0.3, -0.25) is 0 Å². The van der Waals surface area contributed by atoms with E-state index in [4.69, 9.17) is 0 Å². The number of aliphatic hydroxyl groups is 2. The van der Waals surface area contributed by atoms with E-state index in [1.807, 2.05) is 30.5 Å². The Labute approximate surface area is 121 Å². The molecule has 2 N–H and O–H groups in total. The van der Waals surface area contributed by atoms with E-state index in [-0.39, 0.29) is 13.2 Å². The Morgan fingerprint density at radius 3 is 2.14 bits per heavy atom. The van der Waals surface area contributed by atoms with Crippen LogP contribution in [0.4, 0.5) is 0 Å². The van der Waals surface area contributed by atoms with Gasteiger partial charge in [0.15, 0.2) is 0 Å². The number of fused-ring (bicyclic) bond motifs is 6. The quantitative estimate of drug-likeness (QED) is 0.552. The molecular formula is C18H15NO2. The van der Waals surface area contributed by atoms with Crippen molar-refractivity contribution in [2.45, 2.75) is 13.2 Å². The third kappa shape index (κ3) is 1.62. The molecule has 3 nitrogen and oxygen atoms in total. The minimum Gasteiger partial charge on any atom is -0.392 e. The van der Waals surface area contributed by atoms with Gasteiger partial charge in [0.1, 0.15) is 0 Å². The summed E-state index contributed by atoms with van der Waals surface area (Å²) in [5, 5.41) is 22.7. The standard InChI is InChI=1S/C18H15NO2/c20-10-12-9-19-17-8-4-3-6-14(17)13-5-1-2-7-15(13)18(19)16(12)11-21/h1-9,20-21H,10-11H2. The lowest BCUT2D eigenvalue weighted by Gasteiger charge is -2.10. The largest absolute Gasteiger partial charge is 0.392 e. The summed E-state index contributed by atoms with van der Waals surface area (Å²) in [4.78, 5) is 0. The molecule has 2 heterocycles. The molecule has 4 rings (SSSR count). The molecule has 2 aromatic heterocycles. The van der Waals surface area contributed by atoms with Crippen LogP contribution in [-0.2, 0) is 13.2 Å². The molecule has 2 aromatic carbocycles. The molecule has 0 bridgehead atoms. The Kier molecular flexibility index (Phi) is 2.70. The first-order valence-electron chi connectivity index (χ1n) is 6.99. The van der Waals surface area contributed by atoms with Crippen LogP contribution in [0.1, 0.15) is 11.1 Å². The van der Waals surface area contributed by atoms with Gasteiger partial charge in [-0.15, -0.1) is 0 Å². The van der Waals surface area contributed by atoms with Gasteiger partial charge in [-0.05, 0) is 11.5 Å². The normalized spacial score (nSPS) is 11.7. The first-order chi connectivity index (χ1) is 10.3. The van der Waals surface area contributed by atoms with Gasteiger partial charge < -0.3 is 14.6 Å². The van der Waals surface area contributed by atoms with Crippen LogP contribution in [-0.4, -0.2) is 14.6 Å². The van der Waals surface area contributed by atoms with E-state index in [1.165, 1.54) is 5.39 Å². The zero-order valence-corrected chi connectivity index (χ0v) is 11.5. The summed E-state index contributed by atoms with van der Waals surface area (Å²) < 4.78 is 2.08. The van der Waals surface area contributed by atoms with E-state index >= 15 is 0 Å². The number of rotatable bonds is 2. The molecule has 0 aliphatic heterocycles. The minimum atomic E-state index is -0.0747. The molecule has 0 fully saturated rings. The fraction of sp³-hybridized carbons (Fsp3) is 0.111. The fourth-order valence-electron chi connectivity index (χ4n) is 3.23. The molecular weight excluding hydrogens is 262 g/mol. The number of hydrogen-bond acceptors (Lipinski definition) is 2. The Bertz CT molecular complexity index is 969. The SMILES string of the molecule is OCc1cn2c3ccccc3c3ccccc3c2c1CO. The van der Waals surface area contributed by atoms with Crippen LogP contribution in [0.2, 0.25) is 0 Å². The van der Waals surface area contributed by atoms with Crippen molar-refractivity contribution in [3.63, 3.8) is 0 Å². The molecule has 0 spiro atoms. The van der Waals surface area contributed by atoms with E-state index in [0.717, 1.165) is 32.9 Å². The Hall–Kier alpha value is -2.36. The smallest absolute Gasteiger partial charge is 0.0706 e. The molecule has 0 amide bonds. The lowest BCUT2D eigenvalue weighted by molar-refractivity contribution is 0.262. The molecule has 0 radical (unpaired) electrons. The molecule has 21 heavy (non-hydrogen) atoms. The fourth-order valence-corrected chi connectivity index (χ4v) is 3.23. The van der Waals surface area contributed by atoms with Crippen molar-refractivity contribution in [3.8, 4) is 0 Å². The zero-order valence-electron chi connectivity index (χ0n) is 11.5. The van der Waals surface area contributed by atoms with E-state index < -0.39 is 0 Å². The van der Waals surface area contributed by atoms with Crippen LogP contribution in [0.5, 0.6) is 0 Å². The maximum Gasteiger partial charge on any atom is 0.0706 e. The minimum absolute atomic E-state index is 0.0692. The molecule has 0 atom stereocenters. The van der Waals surface area contributed by atoms with Crippen molar-refractivity contribution in [2.24, 2.45) is 0 Å². The molecule has 0 aliphatic rings. The lowest BCUT2D eigenvalue weighted by atomic mass is 10.0. The Morgan fingerprint density at radius 2 is 1.43 bits per heavy atom. The highest BCUT2D eigenvalue weighted by Crippen LogP contribution is 2.33. The number of nitrogens with zero attached hydrogens (tertiary/aromatic N) is 1. The molecule has 0 aliphatic carbocycles. The molecule has 0 saturated carbocycles. The first-order valence-corrected chi connectivity index (χ1v) is 6.99. The first kappa shape index (κ1) is 12.4. The van der Waals surface area contributed by atoms with Crippen molar-refractivity contribution < 1.29 is 10.2 Å². The highest BCUT2D eigenvalue weighted by Gasteiger charge is 2.15. The van der Waals surface area contributed by atoms with Gasteiger partial charge >= 0.3 is 0 Å². The van der Waals surface area contributed by atoms with Crippen LogP contribution in [0.15, 0.2) is 54.7 Å². The average Bonchev–Trinajstić information content (AvgIpc) is 2.94. The van der Waals surface area contributed by atoms with Gasteiger partial charge in [-0.2, -0.15) is 0 Å². The predicted molar refractivity (Wildman–Crippen MR) is 84.3 cm³/mol. The summed E-state index contributed by atoms with van der Waals surface area (Å²) in [5.74, 6) is 0. The van der Waals surface area contributed by atoms with Crippen LogP contribution >= 0.6 is 0 Å². The number of hydrogen-bond donors (Lipinski definition) is 2. The Balaban J connectivity index is 2.38. The van der Waals surface area contributed by atoms with Crippen LogP contribution in [0.3, 0.4) is 0 Å². The monoisotopic (exact) mass is 277 g/mol. The number of aromatic nitrogens is 1. The molecule has 0 unspecified atom stereocenters. The summed E-state index contributed by atoms with van der Waals surface area (Å²) in [7, 11) is 0. The number of aliphatic hydroxyl groups excluding tert-OH is 2. The third-order valence-electron chi connectivity index (χ3n) is 4.16. The van der Waals surface area contributed by atoms with Crippen molar-refractivity contribution in [3.05, 3.63) is 65.9 Å². The molecule has 3 heteroatoms. The number of benzene rings is 2. The summed E-state index contributed by atoms with van der Waals surface area (Å²) in [6.45, 7) is -0.144. The highest BCUT2D eigenvalue weighted by atomic mass is 16.3. The van der Waals surface area contributed by atoms with Gasteiger partial charge in [0, 0.05) is 28.1 Å². The highest BCUT2D eigenvalue weighted by molar-refractivity contribution is 6.13. The van der Waals surface area contributed by atoms with Crippen molar-refractivity contribution in [1.82, 2.24) is 4.40 Å². The Morgan fingerprint density at radius 1 is 0.762 bits per heavy atom. The van der Waals surface area contributed by atoms with Crippen LogP contribution in [0.25, 0.3) is 27.2 Å². The van der Waals surface area contributed by atoms with Gasteiger partial charge in [0.2, 0.25) is 0 Å². The summed E-state index contributed by atoms with van der Waals surface area (Å²) in [6.07, 6.45) is 1.93. The summed E-state index contributed by atoms with van der Waals surface area (Å²) in [5.41, 5.74) is 3.65. The van der Waals surface area contributed by atoms with E-state index in [2.05, 4.69) is 28.7 Å². The molecule has 0 saturated heterocycles. The molecule has 4 aromatic rings. The summed E-state index contributed by atoms with van der Waals surface area (Å²) in [6, 6.07) is 16.4. The van der Waals surface area contributed by atoms with Gasteiger partial charge in [0.05, 0.1) is 24.2 Å². The average molecular weight is 277 g/mol. The van der Waals surface area contributed by atoms with Crippen molar-refractivity contribution >= 4 is 27.2 Å². The maximum atomic E-state index is 9.74.